The van der Waals surface area contributed by atoms with Gasteiger partial charge < -0.3 is 9.84 Å². The Bertz CT molecular complexity index is 331. The normalized spacial score (nSPS) is 12.3. The molecule has 0 saturated carbocycles. The van der Waals surface area contributed by atoms with Gasteiger partial charge in [0.2, 0.25) is 0 Å². The van der Waals surface area contributed by atoms with Gasteiger partial charge in [-0.25, -0.2) is 4.79 Å². The minimum atomic E-state index is -1.30. The summed E-state index contributed by atoms with van der Waals surface area (Å²) >= 11 is 0. The van der Waals surface area contributed by atoms with E-state index in [9.17, 15) is 9.90 Å². The standard InChI is InChI=1S/C13H22O3Si/c1-11(13(15)16-2)12(14)9-7-6-8-10-17(3,4)5/h12,14H,1,6-7,9H2,2-5H3. The van der Waals surface area contributed by atoms with Crippen molar-refractivity contribution in [2.75, 3.05) is 7.11 Å². The first kappa shape index (κ1) is 15.9. The van der Waals surface area contributed by atoms with Crippen molar-refractivity contribution >= 4 is 14.0 Å². The molecule has 0 aromatic rings. The SMILES string of the molecule is C=C(C(=O)OC)C(O)CCCC#C[Si](C)(C)C. The van der Waals surface area contributed by atoms with Crippen LogP contribution in [0.5, 0.6) is 0 Å². The van der Waals surface area contributed by atoms with Crippen molar-refractivity contribution < 1.29 is 14.6 Å². The average molecular weight is 254 g/mol. The third-order valence-corrected chi connectivity index (χ3v) is 3.02. The molecular formula is C13H22O3Si. The maximum absolute atomic E-state index is 11.1. The van der Waals surface area contributed by atoms with Gasteiger partial charge in [0, 0.05) is 6.42 Å². The lowest BCUT2D eigenvalue weighted by Gasteiger charge is -2.10. The van der Waals surface area contributed by atoms with Crippen LogP contribution in [0.15, 0.2) is 12.2 Å². The van der Waals surface area contributed by atoms with E-state index in [4.69, 9.17) is 0 Å². The molecule has 0 fully saturated rings. The Kier molecular flexibility index (Phi) is 6.85. The van der Waals surface area contributed by atoms with E-state index in [0.717, 1.165) is 12.8 Å². The first-order chi connectivity index (χ1) is 7.78. The van der Waals surface area contributed by atoms with Crippen molar-refractivity contribution in [3.8, 4) is 11.5 Å². The number of hydrogen-bond donors (Lipinski definition) is 1. The Morgan fingerprint density at radius 1 is 1.47 bits per heavy atom. The van der Waals surface area contributed by atoms with Crippen LogP contribution in [-0.4, -0.2) is 32.4 Å². The smallest absolute Gasteiger partial charge is 0.335 e. The monoisotopic (exact) mass is 254 g/mol. The molecular weight excluding hydrogens is 232 g/mol. The van der Waals surface area contributed by atoms with E-state index in [0.29, 0.717) is 6.42 Å². The van der Waals surface area contributed by atoms with E-state index in [1.807, 2.05) is 0 Å². The van der Waals surface area contributed by atoms with Gasteiger partial charge in [-0.05, 0) is 12.8 Å². The first-order valence-corrected chi connectivity index (χ1v) is 9.23. The van der Waals surface area contributed by atoms with Gasteiger partial charge in [-0.1, -0.05) is 26.2 Å². The summed E-state index contributed by atoms with van der Waals surface area (Å²) in [6, 6.07) is 0. The van der Waals surface area contributed by atoms with Gasteiger partial charge in [-0.3, -0.25) is 0 Å². The molecule has 0 aliphatic heterocycles. The molecule has 0 spiro atoms. The fraction of sp³-hybridized carbons (Fsp3) is 0.615. The van der Waals surface area contributed by atoms with Crippen LogP contribution in [0, 0.1) is 11.5 Å². The summed E-state index contributed by atoms with van der Waals surface area (Å²) in [7, 11) is -0.0177. The van der Waals surface area contributed by atoms with E-state index in [1.165, 1.54) is 7.11 Å². The molecule has 17 heavy (non-hydrogen) atoms. The number of ether oxygens (including phenoxy) is 1. The van der Waals surface area contributed by atoms with E-state index in [1.54, 1.807) is 0 Å². The molecule has 1 N–H and O–H groups in total. The van der Waals surface area contributed by atoms with Crippen LogP contribution in [0.4, 0.5) is 0 Å². The van der Waals surface area contributed by atoms with Gasteiger partial charge in [0.1, 0.15) is 8.07 Å². The number of methoxy groups -OCH3 is 1. The van der Waals surface area contributed by atoms with Crippen LogP contribution in [0.2, 0.25) is 19.6 Å². The molecule has 0 amide bonds. The molecule has 0 aromatic heterocycles. The Hall–Kier alpha value is -1.05. The number of aliphatic hydroxyl groups is 1. The van der Waals surface area contributed by atoms with Crippen molar-refractivity contribution in [2.45, 2.75) is 45.0 Å². The minimum Gasteiger partial charge on any atom is -0.466 e. The van der Waals surface area contributed by atoms with E-state index in [2.05, 4.69) is 42.4 Å². The largest absolute Gasteiger partial charge is 0.466 e. The molecule has 0 aromatic carbocycles. The predicted octanol–water partition coefficient (Wildman–Crippen LogP) is 2.13. The predicted molar refractivity (Wildman–Crippen MR) is 72.1 cm³/mol. The van der Waals surface area contributed by atoms with Crippen molar-refractivity contribution in [3.05, 3.63) is 12.2 Å². The van der Waals surface area contributed by atoms with Crippen LogP contribution in [-0.2, 0) is 9.53 Å². The second-order valence-electron chi connectivity index (χ2n) is 4.98. The van der Waals surface area contributed by atoms with Crippen molar-refractivity contribution in [1.29, 1.82) is 0 Å². The lowest BCUT2D eigenvalue weighted by Crippen LogP contribution is -2.18. The zero-order chi connectivity index (χ0) is 13.5. The minimum absolute atomic E-state index is 0.116. The lowest BCUT2D eigenvalue weighted by molar-refractivity contribution is -0.137. The summed E-state index contributed by atoms with van der Waals surface area (Å²) in [5.74, 6) is 2.57. The van der Waals surface area contributed by atoms with Crippen LogP contribution < -0.4 is 0 Å². The zero-order valence-corrected chi connectivity index (χ0v) is 12.2. The average Bonchev–Trinajstić information content (AvgIpc) is 2.24. The van der Waals surface area contributed by atoms with Gasteiger partial charge in [0.05, 0.1) is 18.8 Å². The molecule has 0 heterocycles. The molecule has 0 radical (unpaired) electrons. The number of carbonyl (C=O) groups excluding carboxylic acids is 1. The van der Waals surface area contributed by atoms with E-state index < -0.39 is 20.1 Å². The zero-order valence-electron chi connectivity index (χ0n) is 11.2. The summed E-state index contributed by atoms with van der Waals surface area (Å²) in [5, 5.41) is 9.64. The number of esters is 1. The highest BCUT2D eigenvalue weighted by atomic mass is 28.3. The summed E-state index contributed by atoms with van der Waals surface area (Å²) in [5.41, 5.74) is 3.37. The van der Waals surface area contributed by atoms with Crippen LogP contribution in [0.1, 0.15) is 19.3 Å². The van der Waals surface area contributed by atoms with Crippen LogP contribution in [0.25, 0.3) is 0 Å². The fourth-order valence-corrected chi connectivity index (χ4v) is 1.81. The molecule has 1 atom stereocenters. The highest BCUT2D eigenvalue weighted by Crippen LogP contribution is 2.09. The lowest BCUT2D eigenvalue weighted by atomic mass is 10.1. The van der Waals surface area contributed by atoms with Gasteiger partial charge in [0.25, 0.3) is 0 Å². The summed E-state index contributed by atoms with van der Waals surface area (Å²) in [4.78, 5) is 11.1. The highest BCUT2D eigenvalue weighted by molar-refractivity contribution is 6.83. The molecule has 4 heteroatoms. The van der Waals surface area contributed by atoms with Crippen molar-refractivity contribution in [3.63, 3.8) is 0 Å². The Balaban J connectivity index is 3.93. The molecule has 3 nitrogen and oxygen atoms in total. The quantitative estimate of drug-likeness (QED) is 0.269. The van der Waals surface area contributed by atoms with Gasteiger partial charge in [-0.2, -0.15) is 0 Å². The topological polar surface area (TPSA) is 46.5 Å². The second kappa shape index (κ2) is 7.31. The van der Waals surface area contributed by atoms with Crippen molar-refractivity contribution in [2.24, 2.45) is 0 Å². The third kappa shape index (κ3) is 7.78. The summed E-state index contributed by atoms with van der Waals surface area (Å²) in [6.07, 6.45) is 1.18. The number of hydrogen-bond acceptors (Lipinski definition) is 3. The third-order valence-electron chi connectivity index (χ3n) is 2.09. The highest BCUT2D eigenvalue weighted by Gasteiger charge is 2.16. The number of carbonyl (C=O) groups is 1. The fourth-order valence-electron chi connectivity index (χ4n) is 1.15. The van der Waals surface area contributed by atoms with Gasteiger partial charge in [0.15, 0.2) is 0 Å². The number of aliphatic hydroxyl groups excluding tert-OH is 1. The maximum atomic E-state index is 11.1. The Morgan fingerprint density at radius 2 is 2.06 bits per heavy atom. The maximum Gasteiger partial charge on any atom is 0.335 e. The number of unbranched alkanes of at least 4 members (excludes halogenated alkanes) is 1. The first-order valence-electron chi connectivity index (χ1n) is 5.73. The van der Waals surface area contributed by atoms with Gasteiger partial charge >= 0.3 is 5.97 Å². The van der Waals surface area contributed by atoms with Gasteiger partial charge in [-0.15, -0.1) is 11.5 Å². The molecule has 0 rings (SSSR count). The molecule has 0 aliphatic carbocycles. The summed E-state index contributed by atoms with van der Waals surface area (Å²) < 4.78 is 4.48. The van der Waals surface area contributed by atoms with E-state index in [-0.39, 0.29) is 5.57 Å². The molecule has 96 valence electrons. The van der Waals surface area contributed by atoms with Crippen molar-refractivity contribution in [1.82, 2.24) is 0 Å². The molecule has 0 bridgehead atoms. The summed E-state index contributed by atoms with van der Waals surface area (Å²) in [6.45, 7) is 10.1. The Morgan fingerprint density at radius 3 is 2.53 bits per heavy atom. The molecule has 1 unspecified atom stereocenters. The second-order valence-corrected chi connectivity index (χ2v) is 9.73. The number of rotatable bonds is 5. The van der Waals surface area contributed by atoms with E-state index >= 15 is 0 Å². The molecule has 0 aliphatic rings. The van der Waals surface area contributed by atoms with Crippen LogP contribution >= 0.6 is 0 Å². The Labute approximate surface area is 105 Å². The molecule has 0 saturated heterocycles. The van der Waals surface area contributed by atoms with Crippen LogP contribution in [0.3, 0.4) is 0 Å².